The van der Waals surface area contributed by atoms with E-state index in [1.165, 1.54) is 0 Å². The van der Waals surface area contributed by atoms with Crippen LogP contribution in [0.5, 0.6) is 0 Å². The van der Waals surface area contributed by atoms with Crippen LogP contribution in [0.2, 0.25) is 0 Å². The van der Waals surface area contributed by atoms with Crippen LogP contribution in [-0.4, -0.2) is 50.7 Å². The van der Waals surface area contributed by atoms with Crippen LogP contribution in [0.3, 0.4) is 0 Å². The van der Waals surface area contributed by atoms with Gasteiger partial charge in [0.05, 0.1) is 24.9 Å². The number of morpholine rings is 1. The average molecular weight is 316 g/mol. The zero-order valence-electron chi connectivity index (χ0n) is 14.2. The van der Waals surface area contributed by atoms with Crippen LogP contribution in [0, 0.1) is 13.8 Å². The molecule has 2 aromatic heterocycles. The summed E-state index contributed by atoms with van der Waals surface area (Å²) in [6, 6.07) is 2.04. The van der Waals surface area contributed by atoms with Gasteiger partial charge in [0.1, 0.15) is 0 Å². The molecule has 1 aliphatic heterocycles. The predicted molar refractivity (Wildman–Crippen MR) is 87.4 cm³/mol. The lowest BCUT2D eigenvalue weighted by molar-refractivity contribution is -0.143. The van der Waals surface area contributed by atoms with E-state index < -0.39 is 0 Å². The molecule has 3 heterocycles. The van der Waals surface area contributed by atoms with E-state index in [2.05, 4.69) is 10.1 Å². The summed E-state index contributed by atoms with van der Waals surface area (Å²) in [5, 5.41) is 4.30. The summed E-state index contributed by atoms with van der Waals surface area (Å²) in [6.07, 6.45) is 3.05. The van der Waals surface area contributed by atoms with Crippen molar-refractivity contribution in [3.05, 3.63) is 29.2 Å². The molecule has 1 saturated heterocycles. The smallest absolute Gasteiger partial charge is 0.223 e. The number of amides is 1. The van der Waals surface area contributed by atoms with Gasteiger partial charge >= 0.3 is 0 Å². The number of carbonyl (C=O) groups excluding carboxylic acids is 1. The van der Waals surface area contributed by atoms with Gasteiger partial charge in [-0.2, -0.15) is 5.10 Å². The van der Waals surface area contributed by atoms with E-state index in [9.17, 15) is 4.79 Å². The lowest BCUT2D eigenvalue weighted by Crippen LogP contribution is -2.50. The highest BCUT2D eigenvalue weighted by atomic mass is 16.5. The Morgan fingerprint density at radius 1 is 1.39 bits per heavy atom. The maximum Gasteiger partial charge on any atom is 0.223 e. The monoisotopic (exact) mass is 316 g/mol. The van der Waals surface area contributed by atoms with Crippen LogP contribution in [0.4, 0.5) is 0 Å². The van der Waals surface area contributed by atoms with Crippen LogP contribution < -0.4 is 0 Å². The first kappa shape index (κ1) is 15.9. The van der Waals surface area contributed by atoms with Crippen LogP contribution in [0.1, 0.15) is 37.2 Å². The van der Waals surface area contributed by atoms with E-state index in [4.69, 9.17) is 4.74 Å². The molecule has 0 unspecified atom stereocenters. The number of fused-ring (bicyclic) bond motifs is 1. The third-order valence-corrected chi connectivity index (χ3v) is 4.61. The second-order valence-corrected chi connectivity index (χ2v) is 6.40. The topological polar surface area (TPSA) is 59.7 Å². The Morgan fingerprint density at radius 3 is 2.96 bits per heavy atom. The summed E-state index contributed by atoms with van der Waals surface area (Å²) in [4.78, 5) is 19.1. The van der Waals surface area contributed by atoms with Crippen LogP contribution in [0.25, 0.3) is 5.65 Å². The first-order valence-electron chi connectivity index (χ1n) is 8.18. The maximum atomic E-state index is 12.6. The molecule has 2 atom stereocenters. The van der Waals surface area contributed by atoms with Gasteiger partial charge in [0.15, 0.2) is 5.65 Å². The normalized spacial score (nSPS) is 21.8. The van der Waals surface area contributed by atoms with Crippen molar-refractivity contribution in [2.24, 2.45) is 0 Å². The van der Waals surface area contributed by atoms with Gasteiger partial charge in [-0.05, 0) is 39.7 Å². The number of rotatable bonds is 3. The van der Waals surface area contributed by atoms with Gasteiger partial charge in [0.2, 0.25) is 5.91 Å². The van der Waals surface area contributed by atoms with Crippen molar-refractivity contribution >= 4 is 11.6 Å². The number of aryl methyl sites for hydroxylation is 2. The summed E-state index contributed by atoms with van der Waals surface area (Å²) in [6.45, 7) is 9.38. The molecular weight excluding hydrogens is 292 g/mol. The Bertz CT molecular complexity index is 725. The molecule has 6 heteroatoms. The van der Waals surface area contributed by atoms with Crippen molar-refractivity contribution in [2.75, 3.05) is 13.2 Å². The van der Waals surface area contributed by atoms with Gasteiger partial charge in [-0.25, -0.2) is 9.50 Å². The molecule has 2 aromatic rings. The number of carbonyl (C=O) groups is 1. The molecule has 1 amide bonds. The fourth-order valence-corrected chi connectivity index (χ4v) is 3.26. The minimum absolute atomic E-state index is 0.112. The Hall–Kier alpha value is -1.95. The molecule has 0 aromatic carbocycles. The van der Waals surface area contributed by atoms with E-state index in [1.54, 1.807) is 6.20 Å². The van der Waals surface area contributed by atoms with E-state index >= 15 is 0 Å². The minimum atomic E-state index is 0.112. The van der Waals surface area contributed by atoms with Crippen LogP contribution >= 0.6 is 0 Å². The van der Waals surface area contributed by atoms with Gasteiger partial charge < -0.3 is 9.64 Å². The van der Waals surface area contributed by atoms with Crippen molar-refractivity contribution in [3.63, 3.8) is 0 Å². The van der Waals surface area contributed by atoms with Crippen molar-refractivity contribution in [2.45, 2.75) is 52.7 Å². The van der Waals surface area contributed by atoms with Gasteiger partial charge in [0, 0.05) is 30.4 Å². The second kappa shape index (κ2) is 6.28. The zero-order valence-corrected chi connectivity index (χ0v) is 14.2. The molecule has 0 aliphatic carbocycles. The Kier molecular flexibility index (Phi) is 4.35. The predicted octanol–water partition coefficient (Wildman–Crippen LogP) is 1.91. The molecular formula is C17H24N4O2. The van der Waals surface area contributed by atoms with Crippen LogP contribution in [0.15, 0.2) is 12.3 Å². The Morgan fingerprint density at radius 2 is 2.17 bits per heavy atom. The maximum absolute atomic E-state index is 12.6. The van der Waals surface area contributed by atoms with Crippen molar-refractivity contribution in [3.8, 4) is 0 Å². The van der Waals surface area contributed by atoms with E-state index in [0.717, 1.165) is 22.6 Å². The zero-order chi connectivity index (χ0) is 16.6. The molecule has 6 nitrogen and oxygen atoms in total. The number of ether oxygens (including phenoxy) is 1. The Labute approximate surface area is 136 Å². The summed E-state index contributed by atoms with van der Waals surface area (Å²) in [7, 11) is 0. The molecule has 0 radical (unpaired) electrons. The van der Waals surface area contributed by atoms with Crippen molar-refractivity contribution < 1.29 is 9.53 Å². The molecule has 23 heavy (non-hydrogen) atoms. The third kappa shape index (κ3) is 3.08. The molecule has 1 fully saturated rings. The van der Waals surface area contributed by atoms with Gasteiger partial charge in [-0.15, -0.1) is 0 Å². The molecule has 1 aliphatic rings. The molecule has 0 spiro atoms. The fraction of sp³-hybridized carbons (Fsp3) is 0.588. The second-order valence-electron chi connectivity index (χ2n) is 6.40. The van der Waals surface area contributed by atoms with Crippen molar-refractivity contribution in [1.29, 1.82) is 0 Å². The largest absolute Gasteiger partial charge is 0.375 e. The highest BCUT2D eigenvalue weighted by Gasteiger charge is 2.27. The fourth-order valence-electron chi connectivity index (χ4n) is 3.26. The van der Waals surface area contributed by atoms with Crippen molar-refractivity contribution in [1.82, 2.24) is 19.5 Å². The number of nitrogens with zero attached hydrogens (tertiary/aromatic N) is 4. The number of hydrogen-bond acceptors (Lipinski definition) is 4. The average Bonchev–Trinajstić information content (AvgIpc) is 2.97. The highest BCUT2D eigenvalue weighted by molar-refractivity contribution is 5.77. The van der Waals surface area contributed by atoms with Gasteiger partial charge in [-0.1, -0.05) is 0 Å². The number of aromatic nitrogens is 3. The minimum Gasteiger partial charge on any atom is -0.375 e. The third-order valence-electron chi connectivity index (χ3n) is 4.61. The van der Waals surface area contributed by atoms with E-state index in [0.29, 0.717) is 26.0 Å². The highest BCUT2D eigenvalue weighted by Crippen LogP contribution is 2.18. The number of hydrogen-bond donors (Lipinski definition) is 0. The molecule has 0 bridgehead atoms. The van der Waals surface area contributed by atoms with Crippen LogP contribution in [-0.2, 0) is 16.0 Å². The first-order chi connectivity index (χ1) is 11.0. The summed E-state index contributed by atoms with van der Waals surface area (Å²) in [5.74, 6) is 0.187. The first-order valence-corrected chi connectivity index (χ1v) is 8.18. The lowest BCUT2D eigenvalue weighted by atomic mass is 10.1. The lowest BCUT2D eigenvalue weighted by Gasteiger charge is -2.37. The Balaban J connectivity index is 1.74. The summed E-state index contributed by atoms with van der Waals surface area (Å²) >= 11 is 0. The quantitative estimate of drug-likeness (QED) is 0.868. The van der Waals surface area contributed by atoms with Gasteiger partial charge in [0.25, 0.3) is 0 Å². The summed E-state index contributed by atoms with van der Waals surface area (Å²) < 4.78 is 7.43. The molecule has 0 saturated carbocycles. The summed E-state index contributed by atoms with van der Waals surface area (Å²) in [5.41, 5.74) is 4.01. The standard InChI is InChI=1S/C17H24N4O2/c1-11-10-23-12(2)9-20(11)17(22)6-5-15-13(3)19-16-7-8-18-21(16)14(15)4/h7-8,11-12H,5-6,9-10H2,1-4H3/t11-,12+/m1/s1. The SMILES string of the molecule is Cc1nc2ccnn2c(C)c1CCC(=O)N1C[C@H](C)OC[C@H]1C. The molecule has 3 rings (SSSR count). The van der Waals surface area contributed by atoms with Gasteiger partial charge in [-0.3, -0.25) is 4.79 Å². The van der Waals surface area contributed by atoms with E-state index in [-0.39, 0.29) is 18.1 Å². The van der Waals surface area contributed by atoms with E-state index in [1.807, 2.05) is 43.2 Å². The molecule has 124 valence electrons. The molecule has 0 N–H and O–H groups in total.